The van der Waals surface area contributed by atoms with Crippen molar-refractivity contribution in [3.8, 4) is 5.75 Å². The smallest absolute Gasteiger partial charge is 0.243 e. The van der Waals surface area contributed by atoms with Gasteiger partial charge in [0.05, 0.1) is 41.8 Å². The number of anilines is 1. The Kier molecular flexibility index (Phi) is 7.71. The van der Waals surface area contributed by atoms with Crippen molar-refractivity contribution < 1.29 is 22.7 Å². The number of sulfonamides is 1. The van der Waals surface area contributed by atoms with Crippen LogP contribution in [0.4, 0.5) is 5.69 Å². The molecule has 1 heterocycles. The van der Waals surface area contributed by atoms with Gasteiger partial charge in [0.15, 0.2) is 0 Å². The monoisotopic (exact) mass is 452 g/mol. The van der Waals surface area contributed by atoms with Gasteiger partial charge in [0.2, 0.25) is 15.9 Å². The molecular weight excluding hydrogens is 428 g/mol. The van der Waals surface area contributed by atoms with Gasteiger partial charge in [0, 0.05) is 13.1 Å². The van der Waals surface area contributed by atoms with Gasteiger partial charge in [-0.2, -0.15) is 4.31 Å². The van der Waals surface area contributed by atoms with E-state index in [9.17, 15) is 13.2 Å². The van der Waals surface area contributed by atoms with Crippen LogP contribution in [0.2, 0.25) is 5.02 Å². The summed E-state index contributed by atoms with van der Waals surface area (Å²) in [6.07, 6.45) is 1.05. The molecule has 0 spiro atoms. The summed E-state index contributed by atoms with van der Waals surface area (Å²) >= 11 is 6.16. The van der Waals surface area contributed by atoms with E-state index in [0.717, 1.165) is 6.42 Å². The molecule has 162 valence electrons. The minimum atomic E-state index is -3.68. The van der Waals surface area contributed by atoms with Gasteiger partial charge in [0.25, 0.3) is 0 Å². The molecule has 0 aromatic heterocycles. The summed E-state index contributed by atoms with van der Waals surface area (Å²) in [5.41, 5.74) is 1.46. The average Bonchev–Trinajstić information content (AvgIpc) is 2.76. The van der Waals surface area contributed by atoms with Crippen LogP contribution < -0.4 is 10.1 Å². The van der Waals surface area contributed by atoms with Gasteiger partial charge in [-0.15, -0.1) is 0 Å². The molecule has 1 N–H and O–H groups in total. The number of nitrogens with zero attached hydrogens (tertiary/aromatic N) is 1. The molecule has 3 rings (SSSR count). The van der Waals surface area contributed by atoms with Crippen molar-refractivity contribution in [1.29, 1.82) is 0 Å². The maximum absolute atomic E-state index is 12.8. The molecule has 1 aliphatic rings. The summed E-state index contributed by atoms with van der Waals surface area (Å²) in [4.78, 5) is 12.4. The summed E-state index contributed by atoms with van der Waals surface area (Å²) in [5, 5.41) is 2.94. The first-order valence-electron chi connectivity index (χ1n) is 9.79. The maximum atomic E-state index is 12.8. The number of amides is 1. The van der Waals surface area contributed by atoms with Crippen molar-refractivity contribution in [2.45, 2.75) is 24.7 Å². The third-order valence-corrected chi connectivity index (χ3v) is 6.97. The Labute approximate surface area is 182 Å². The lowest BCUT2D eigenvalue weighted by Crippen LogP contribution is -2.40. The van der Waals surface area contributed by atoms with Crippen LogP contribution in [0.5, 0.6) is 5.75 Å². The number of ether oxygens (including phenoxy) is 2. The van der Waals surface area contributed by atoms with Crippen LogP contribution in [0, 0.1) is 0 Å². The quantitative estimate of drug-likeness (QED) is 0.664. The summed E-state index contributed by atoms with van der Waals surface area (Å²) in [6, 6.07) is 12.0. The molecule has 2 aromatic carbocycles. The molecule has 1 amide bonds. The summed E-state index contributed by atoms with van der Waals surface area (Å²) in [7, 11) is -3.68. The molecule has 30 heavy (non-hydrogen) atoms. The molecule has 0 bridgehead atoms. The molecule has 0 aliphatic carbocycles. The van der Waals surface area contributed by atoms with E-state index >= 15 is 0 Å². The maximum Gasteiger partial charge on any atom is 0.243 e. The Morgan fingerprint density at radius 3 is 2.53 bits per heavy atom. The fourth-order valence-electron chi connectivity index (χ4n) is 2.99. The minimum absolute atomic E-state index is 0.0800. The van der Waals surface area contributed by atoms with Gasteiger partial charge in [-0.3, -0.25) is 4.79 Å². The Hall–Kier alpha value is -2.13. The van der Waals surface area contributed by atoms with E-state index in [0.29, 0.717) is 32.1 Å². The van der Waals surface area contributed by atoms with E-state index < -0.39 is 10.0 Å². The predicted molar refractivity (Wildman–Crippen MR) is 116 cm³/mol. The van der Waals surface area contributed by atoms with Crippen LogP contribution >= 0.6 is 11.6 Å². The van der Waals surface area contributed by atoms with Gasteiger partial charge in [-0.25, -0.2) is 8.42 Å². The Morgan fingerprint density at radius 1 is 1.17 bits per heavy atom. The van der Waals surface area contributed by atoms with Crippen LogP contribution in [0.3, 0.4) is 0 Å². The van der Waals surface area contributed by atoms with Crippen molar-refractivity contribution in [3.63, 3.8) is 0 Å². The van der Waals surface area contributed by atoms with Crippen molar-refractivity contribution in [1.82, 2.24) is 4.31 Å². The van der Waals surface area contributed by atoms with Crippen molar-refractivity contribution >= 4 is 33.2 Å². The second-order valence-corrected chi connectivity index (χ2v) is 9.15. The van der Waals surface area contributed by atoms with Crippen LogP contribution in [0.1, 0.15) is 18.9 Å². The van der Waals surface area contributed by atoms with E-state index in [1.807, 2.05) is 24.3 Å². The normalized spacial score (nSPS) is 15.0. The summed E-state index contributed by atoms with van der Waals surface area (Å²) in [6.45, 7) is 3.58. The zero-order chi connectivity index (χ0) is 21.6. The van der Waals surface area contributed by atoms with Crippen LogP contribution in [-0.4, -0.2) is 51.5 Å². The molecule has 7 nitrogen and oxygen atoms in total. The standard InChI is InChI=1S/C21H25ClN2O5S/c1-2-16-3-5-17(6-4-16)29-12-9-21(25)23-20-15-18(7-8-19(20)22)30(26,27)24-10-13-28-14-11-24/h3-8,15H,2,9-14H2,1H3,(H,23,25). The van der Waals surface area contributed by atoms with Crippen LogP contribution in [0.15, 0.2) is 47.4 Å². The van der Waals surface area contributed by atoms with Crippen molar-refractivity contribution in [2.24, 2.45) is 0 Å². The number of hydrogen-bond donors (Lipinski definition) is 1. The highest BCUT2D eigenvalue weighted by atomic mass is 35.5. The molecule has 0 unspecified atom stereocenters. The highest BCUT2D eigenvalue weighted by Crippen LogP contribution is 2.27. The van der Waals surface area contributed by atoms with Crippen molar-refractivity contribution in [2.75, 3.05) is 38.2 Å². The second kappa shape index (κ2) is 10.3. The number of morpholine rings is 1. The van der Waals surface area contributed by atoms with E-state index in [2.05, 4.69) is 12.2 Å². The predicted octanol–water partition coefficient (Wildman–Crippen LogP) is 3.33. The Morgan fingerprint density at radius 2 is 1.87 bits per heavy atom. The number of carbonyl (C=O) groups is 1. The van der Waals surface area contributed by atoms with Gasteiger partial charge < -0.3 is 14.8 Å². The largest absolute Gasteiger partial charge is 0.493 e. The highest BCUT2D eigenvalue weighted by Gasteiger charge is 2.27. The lowest BCUT2D eigenvalue weighted by Gasteiger charge is -2.26. The number of aryl methyl sites for hydroxylation is 1. The fourth-order valence-corrected chi connectivity index (χ4v) is 4.59. The summed E-state index contributed by atoms with van der Waals surface area (Å²) < 4.78 is 37.8. The molecule has 0 radical (unpaired) electrons. The van der Waals surface area contributed by atoms with E-state index in [1.54, 1.807) is 0 Å². The number of carbonyl (C=O) groups excluding carboxylic acids is 1. The average molecular weight is 453 g/mol. The molecule has 2 aromatic rings. The lowest BCUT2D eigenvalue weighted by atomic mass is 10.2. The number of rotatable bonds is 8. The Balaban J connectivity index is 1.59. The van der Waals surface area contributed by atoms with Crippen LogP contribution in [-0.2, 0) is 26.0 Å². The zero-order valence-corrected chi connectivity index (χ0v) is 18.3. The third kappa shape index (κ3) is 5.72. The topological polar surface area (TPSA) is 84.9 Å². The summed E-state index contributed by atoms with van der Waals surface area (Å²) in [5.74, 6) is 0.375. The zero-order valence-electron chi connectivity index (χ0n) is 16.8. The molecule has 1 aliphatic heterocycles. The Bertz CT molecular complexity index is 973. The minimum Gasteiger partial charge on any atom is -0.493 e. The second-order valence-electron chi connectivity index (χ2n) is 6.80. The van der Waals surface area contributed by atoms with E-state index in [4.69, 9.17) is 21.1 Å². The SMILES string of the molecule is CCc1ccc(OCCC(=O)Nc2cc(S(=O)(=O)N3CCOCC3)ccc2Cl)cc1. The number of nitrogens with one attached hydrogen (secondary N) is 1. The first-order valence-corrected chi connectivity index (χ1v) is 11.6. The first-order chi connectivity index (χ1) is 14.4. The van der Waals surface area contributed by atoms with Gasteiger partial charge in [-0.05, 0) is 42.3 Å². The van der Waals surface area contributed by atoms with Crippen LogP contribution in [0.25, 0.3) is 0 Å². The van der Waals surface area contributed by atoms with Crippen molar-refractivity contribution in [3.05, 3.63) is 53.1 Å². The fraction of sp³-hybridized carbons (Fsp3) is 0.381. The van der Waals surface area contributed by atoms with E-state index in [-0.39, 0.29) is 34.5 Å². The lowest BCUT2D eigenvalue weighted by molar-refractivity contribution is -0.116. The molecule has 1 fully saturated rings. The molecule has 9 heteroatoms. The molecular formula is C21H25ClN2O5S. The highest BCUT2D eigenvalue weighted by molar-refractivity contribution is 7.89. The van der Waals surface area contributed by atoms with Gasteiger partial charge in [-0.1, -0.05) is 30.7 Å². The van der Waals surface area contributed by atoms with Gasteiger partial charge in [0.1, 0.15) is 5.75 Å². The molecule has 0 atom stereocenters. The van der Waals surface area contributed by atoms with Gasteiger partial charge >= 0.3 is 0 Å². The van der Waals surface area contributed by atoms with E-state index in [1.165, 1.54) is 28.1 Å². The molecule has 0 saturated carbocycles. The number of benzene rings is 2. The first kappa shape index (κ1) is 22.6. The third-order valence-electron chi connectivity index (χ3n) is 4.75. The number of hydrogen-bond acceptors (Lipinski definition) is 5. The number of halogens is 1. The molecule has 1 saturated heterocycles.